The summed E-state index contributed by atoms with van der Waals surface area (Å²) in [5.41, 5.74) is 2.90. The van der Waals surface area contributed by atoms with Crippen molar-refractivity contribution in [2.75, 3.05) is 7.11 Å². The van der Waals surface area contributed by atoms with Crippen molar-refractivity contribution in [2.24, 2.45) is 0 Å². The third-order valence-corrected chi connectivity index (χ3v) is 4.66. The van der Waals surface area contributed by atoms with E-state index in [4.69, 9.17) is 13.9 Å². The average molecular weight is 404 g/mol. The Labute approximate surface area is 173 Å². The van der Waals surface area contributed by atoms with Gasteiger partial charge in [0.05, 0.1) is 18.5 Å². The molecular weight excluding hydrogens is 384 g/mol. The van der Waals surface area contributed by atoms with Crippen molar-refractivity contribution in [3.05, 3.63) is 77.4 Å². The number of methoxy groups -OCH3 is 1. The summed E-state index contributed by atoms with van der Waals surface area (Å²) < 4.78 is 17.8. The van der Waals surface area contributed by atoms with Gasteiger partial charge in [-0.1, -0.05) is 23.4 Å². The molecule has 2 aromatic carbocycles. The summed E-state index contributed by atoms with van der Waals surface area (Å²) in [4.78, 5) is 17.0. The van der Waals surface area contributed by atoms with Crippen LogP contribution in [0.3, 0.4) is 0 Å². The lowest BCUT2D eigenvalue weighted by Crippen LogP contribution is -2.09. The fourth-order valence-electron chi connectivity index (χ4n) is 2.95. The van der Waals surface area contributed by atoms with Gasteiger partial charge in [-0.25, -0.2) is 14.5 Å². The first-order valence-electron chi connectivity index (χ1n) is 9.32. The van der Waals surface area contributed by atoms with Gasteiger partial charge in [-0.05, 0) is 50.2 Å². The van der Waals surface area contributed by atoms with Crippen molar-refractivity contribution < 1.29 is 18.7 Å². The van der Waals surface area contributed by atoms with E-state index in [0.717, 1.165) is 17.0 Å². The minimum atomic E-state index is -0.573. The summed E-state index contributed by atoms with van der Waals surface area (Å²) in [6.45, 7) is 3.53. The van der Waals surface area contributed by atoms with Crippen LogP contribution in [0.4, 0.5) is 0 Å². The topological polar surface area (TPSA) is 92.3 Å². The van der Waals surface area contributed by atoms with E-state index in [0.29, 0.717) is 23.0 Å². The highest BCUT2D eigenvalue weighted by Gasteiger charge is 2.20. The van der Waals surface area contributed by atoms with Crippen molar-refractivity contribution in [2.45, 2.75) is 20.5 Å². The molecule has 0 N–H and O–H groups in total. The van der Waals surface area contributed by atoms with E-state index < -0.39 is 5.97 Å². The normalized spacial score (nSPS) is 10.8. The average Bonchev–Trinajstić information content (AvgIpc) is 3.35. The van der Waals surface area contributed by atoms with Crippen molar-refractivity contribution in [3.8, 4) is 22.9 Å². The van der Waals surface area contributed by atoms with Gasteiger partial charge in [-0.2, -0.15) is 0 Å². The summed E-state index contributed by atoms with van der Waals surface area (Å²) in [5.74, 6) is 1.24. The van der Waals surface area contributed by atoms with Gasteiger partial charge < -0.3 is 13.9 Å². The first-order chi connectivity index (χ1) is 14.6. The van der Waals surface area contributed by atoms with Crippen LogP contribution in [0.25, 0.3) is 17.1 Å². The van der Waals surface area contributed by atoms with Crippen LogP contribution in [0.5, 0.6) is 5.75 Å². The van der Waals surface area contributed by atoms with Gasteiger partial charge in [-0.3, -0.25) is 0 Å². The smallest absolute Gasteiger partial charge is 0.361 e. The highest BCUT2D eigenvalue weighted by atomic mass is 16.5. The Kier molecular flexibility index (Phi) is 5.30. The van der Waals surface area contributed by atoms with Crippen LogP contribution in [0, 0.1) is 13.8 Å². The molecule has 0 fully saturated rings. The Morgan fingerprint density at radius 1 is 1.07 bits per heavy atom. The molecule has 0 aliphatic carbocycles. The molecule has 8 heteroatoms. The van der Waals surface area contributed by atoms with Gasteiger partial charge in [0.25, 0.3) is 0 Å². The second-order valence-electron chi connectivity index (χ2n) is 6.60. The van der Waals surface area contributed by atoms with Crippen LogP contribution in [0.1, 0.15) is 27.6 Å². The highest BCUT2D eigenvalue weighted by Crippen LogP contribution is 2.22. The van der Waals surface area contributed by atoms with Gasteiger partial charge in [0.1, 0.15) is 23.8 Å². The van der Waals surface area contributed by atoms with Gasteiger partial charge in [0, 0.05) is 5.56 Å². The van der Waals surface area contributed by atoms with E-state index in [1.807, 2.05) is 54.6 Å². The predicted octanol–water partition coefficient (Wildman–Crippen LogP) is 3.90. The Morgan fingerprint density at radius 2 is 1.80 bits per heavy atom. The lowest BCUT2D eigenvalue weighted by atomic mass is 10.2. The fourth-order valence-corrected chi connectivity index (χ4v) is 2.95. The first-order valence-corrected chi connectivity index (χ1v) is 9.32. The number of hydrogen-bond acceptors (Lipinski definition) is 7. The van der Waals surface area contributed by atoms with Crippen LogP contribution in [0.15, 0.2) is 59.0 Å². The molecule has 2 aromatic heterocycles. The maximum absolute atomic E-state index is 12.6. The van der Waals surface area contributed by atoms with Crippen molar-refractivity contribution >= 4 is 5.97 Å². The Bertz CT molecular complexity index is 1160. The van der Waals surface area contributed by atoms with Crippen molar-refractivity contribution in [1.82, 2.24) is 20.0 Å². The van der Waals surface area contributed by atoms with E-state index >= 15 is 0 Å². The number of rotatable bonds is 6. The minimum Gasteiger partial charge on any atom is -0.497 e. The van der Waals surface area contributed by atoms with Gasteiger partial charge in [0.2, 0.25) is 5.89 Å². The molecule has 2 heterocycles. The maximum atomic E-state index is 12.6. The van der Waals surface area contributed by atoms with E-state index in [-0.39, 0.29) is 12.3 Å². The molecule has 0 saturated carbocycles. The molecule has 152 valence electrons. The van der Waals surface area contributed by atoms with E-state index in [1.165, 1.54) is 0 Å². The molecule has 0 unspecified atom stereocenters. The van der Waals surface area contributed by atoms with Crippen LogP contribution >= 0.6 is 0 Å². The summed E-state index contributed by atoms with van der Waals surface area (Å²) in [5, 5.41) is 8.06. The number of nitrogens with zero attached hydrogens (tertiary/aromatic N) is 4. The number of aryl methyl sites for hydroxylation is 1. The highest BCUT2D eigenvalue weighted by molar-refractivity contribution is 5.88. The lowest BCUT2D eigenvalue weighted by Gasteiger charge is -2.05. The van der Waals surface area contributed by atoms with Gasteiger partial charge >= 0.3 is 5.97 Å². The van der Waals surface area contributed by atoms with Crippen LogP contribution in [-0.2, 0) is 11.3 Å². The number of hydrogen-bond donors (Lipinski definition) is 0. The Hall–Kier alpha value is -3.94. The zero-order valence-corrected chi connectivity index (χ0v) is 16.8. The third kappa shape index (κ3) is 3.80. The van der Waals surface area contributed by atoms with Crippen LogP contribution in [-0.4, -0.2) is 33.1 Å². The number of esters is 1. The monoisotopic (exact) mass is 404 g/mol. The molecule has 30 heavy (non-hydrogen) atoms. The molecular formula is C22H20N4O4. The van der Waals surface area contributed by atoms with Gasteiger partial charge in [-0.15, -0.1) is 5.10 Å². The molecule has 0 aliphatic heterocycles. The second-order valence-corrected chi connectivity index (χ2v) is 6.60. The van der Waals surface area contributed by atoms with Crippen molar-refractivity contribution in [1.29, 1.82) is 0 Å². The number of carbonyl (C=O) groups is 1. The van der Waals surface area contributed by atoms with E-state index in [2.05, 4.69) is 15.3 Å². The summed E-state index contributed by atoms with van der Waals surface area (Å²) in [6, 6.07) is 16.8. The Morgan fingerprint density at radius 3 is 2.50 bits per heavy atom. The van der Waals surface area contributed by atoms with Crippen molar-refractivity contribution in [3.63, 3.8) is 0 Å². The number of ether oxygens (including phenoxy) is 2. The molecule has 0 bridgehead atoms. The number of carbonyl (C=O) groups excluding carboxylic acids is 1. The number of benzene rings is 2. The lowest BCUT2D eigenvalue weighted by molar-refractivity contribution is 0.0459. The molecule has 4 rings (SSSR count). The number of oxazole rings is 1. The largest absolute Gasteiger partial charge is 0.497 e. The van der Waals surface area contributed by atoms with Crippen LogP contribution in [0.2, 0.25) is 0 Å². The SMILES string of the molecule is COc1ccc(-n2nnc(C(=O)OCc3nc(-c4ccccc4)oc3C)c2C)cc1. The first kappa shape index (κ1) is 19.4. The number of aromatic nitrogens is 4. The van der Waals surface area contributed by atoms with E-state index in [9.17, 15) is 4.79 Å². The molecule has 0 aliphatic rings. The molecule has 0 atom stereocenters. The van der Waals surface area contributed by atoms with Gasteiger partial charge in [0.15, 0.2) is 5.69 Å². The van der Waals surface area contributed by atoms with Crippen LogP contribution < -0.4 is 4.74 Å². The minimum absolute atomic E-state index is 0.0180. The Balaban J connectivity index is 1.47. The molecule has 0 spiro atoms. The summed E-state index contributed by atoms with van der Waals surface area (Å²) >= 11 is 0. The standard InChI is InChI=1S/C22H20N4O4/c1-14-20(24-25-26(14)17-9-11-18(28-3)12-10-17)22(27)29-13-19-15(2)30-21(23-19)16-7-5-4-6-8-16/h4-12H,13H2,1-3H3. The van der Waals surface area contributed by atoms with E-state index in [1.54, 1.807) is 25.6 Å². The quantitative estimate of drug-likeness (QED) is 0.450. The molecule has 0 amide bonds. The molecule has 0 radical (unpaired) electrons. The molecule has 4 aromatic rings. The molecule has 0 saturated heterocycles. The summed E-state index contributed by atoms with van der Waals surface area (Å²) in [6.07, 6.45) is 0. The fraction of sp³-hybridized carbons (Fsp3) is 0.182. The maximum Gasteiger partial charge on any atom is 0.361 e. The zero-order valence-electron chi connectivity index (χ0n) is 16.8. The second kappa shape index (κ2) is 8.20. The third-order valence-electron chi connectivity index (χ3n) is 4.66. The summed E-state index contributed by atoms with van der Waals surface area (Å²) in [7, 11) is 1.60. The molecule has 8 nitrogen and oxygen atoms in total. The predicted molar refractivity (Wildman–Crippen MR) is 108 cm³/mol. The zero-order chi connectivity index (χ0) is 21.1.